The number of ether oxygens (including phenoxy) is 1. The highest BCUT2D eigenvalue weighted by molar-refractivity contribution is 6.38. The fourth-order valence-electron chi connectivity index (χ4n) is 1.75. The van der Waals surface area contributed by atoms with E-state index in [4.69, 9.17) is 9.94 Å². The van der Waals surface area contributed by atoms with Crippen LogP contribution >= 0.6 is 0 Å². The number of phenols is 1. The van der Waals surface area contributed by atoms with Gasteiger partial charge in [-0.25, -0.2) is 0 Å². The van der Waals surface area contributed by atoms with Crippen molar-refractivity contribution in [2.24, 2.45) is 10.1 Å². The van der Waals surface area contributed by atoms with Crippen LogP contribution in [0.1, 0.15) is 12.5 Å². The van der Waals surface area contributed by atoms with Crippen LogP contribution in [0.3, 0.4) is 0 Å². The van der Waals surface area contributed by atoms with Crippen LogP contribution < -0.4 is 4.74 Å². The number of oxime groups is 1. The van der Waals surface area contributed by atoms with E-state index in [-0.39, 0.29) is 5.75 Å². The predicted octanol–water partition coefficient (Wildman–Crippen LogP) is 3.37. The molecule has 0 aromatic heterocycles. The molecule has 0 aliphatic heterocycles. The van der Waals surface area contributed by atoms with Crippen LogP contribution in [0.15, 0.2) is 58.7 Å². The van der Waals surface area contributed by atoms with Crippen molar-refractivity contribution < 1.29 is 15.1 Å². The second-order valence-electron chi connectivity index (χ2n) is 4.19. The first-order valence-electron chi connectivity index (χ1n) is 6.52. The monoisotopic (exact) mass is 284 g/mol. The van der Waals surface area contributed by atoms with E-state index >= 15 is 0 Å². The number of benzene rings is 2. The summed E-state index contributed by atoms with van der Waals surface area (Å²) in [7, 11) is 0. The lowest BCUT2D eigenvalue weighted by Crippen LogP contribution is -2.02. The predicted molar refractivity (Wildman–Crippen MR) is 82.2 cm³/mol. The van der Waals surface area contributed by atoms with Gasteiger partial charge in [0.15, 0.2) is 0 Å². The molecular formula is C16H16N2O3. The molecule has 5 heteroatoms. The zero-order valence-electron chi connectivity index (χ0n) is 11.6. The van der Waals surface area contributed by atoms with Crippen molar-refractivity contribution in [1.82, 2.24) is 0 Å². The fourth-order valence-corrected chi connectivity index (χ4v) is 1.75. The molecule has 0 aliphatic rings. The minimum Gasteiger partial charge on any atom is -0.506 e. The van der Waals surface area contributed by atoms with Crippen molar-refractivity contribution in [2.75, 3.05) is 6.61 Å². The first-order valence-corrected chi connectivity index (χ1v) is 6.52. The molecule has 2 aromatic rings. The molecule has 2 rings (SSSR count). The van der Waals surface area contributed by atoms with E-state index in [1.165, 1.54) is 6.21 Å². The molecule has 2 aromatic carbocycles. The third-order valence-corrected chi connectivity index (χ3v) is 2.78. The third kappa shape index (κ3) is 3.82. The Morgan fingerprint density at radius 3 is 2.48 bits per heavy atom. The SMILES string of the molecule is CCOc1ccc(/C(C=Nc2ccccc2O)=N/O)cc1. The van der Waals surface area contributed by atoms with Gasteiger partial charge in [0.25, 0.3) is 0 Å². The summed E-state index contributed by atoms with van der Waals surface area (Å²) in [5.74, 6) is 0.814. The van der Waals surface area contributed by atoms with Crippen molar-refractivity contribution in [3.05, 3.63) is 54.1 Å². The largest absolute Gasteiger partial charge is 0.506 e. The maximum absolute atomic E-state index is 9.63. The molecule has 108 valence electrons. The molecule has 21 heavy (non-hydrogen) atoms. The van der Waals surface area contributed by atoms with Gasteiger partial charge in [-0.2, -0.15) is 0 Å². The molecule has 2 N–H and O–H groups in total. The molecule has 5 nitrogen and oxygen atoms in total. The van der Waals surface area contributed by atoms with Crippen molar-refractivity contribution in [3.63, 3.8) is 0 Å². The molecule has 0 aliphatic carbocycles. The van der Waals surface area contributed by atoms with Gasteiger partial charge in [-0.3, -0.25) is 4.99 Å². The van der Waals surface area contributed by atoms with Crippen LogP contribution in [0, 0.1) is 0 Å². The van der Waals surface area contributed by atoms with Crippen molar-refractivity contribution in [1.29, 1.82) is 0 Å². The maximum atomic E-state index is 9.63. The first kappa shape index (κ1) is 14.6. The Morgan fingerprint density at radius 2 is 1.86 bits per heavy atom. The molecule has 0 saturated heterocycles. The lowest BCUT2D eigenvalue weighted by atomic mass is 10.1. The molecule has 0 bridgehead atoms. The summed E-state index contributed by atoms with van der Waals surface area (Å²) in [6.45, 7) is 2.50. The average molecular weight is 284 g/mol. The number of hydrogen-bond donors (Lipinski definition) is 2. The van der Waals surface area contributed by atoms with E-state index < -0.39 is 0 Å². The molecule has 0 radical (unpaired) electrons. The van der Waals surface area contributed by atoms with Gasteiger partial charge < -0.3 is 15.1 Å². The quantitative estimate of drug-likeness (QED) is 0.502. The summed E-state index contributed by atoms with van der Waals surface area (Å²) in [4.78, 5) is 4.12. The number of para-hydroxylation sites is 2. The van der Waals surface area contributed by atoms with Gasteiger partial charge in [-0.1, -0.05) is 17.3 Å². The van der Waals surface area contributed by atoms with Crippen LogP contribution in [0.4, 0.5) is 5.69 Å². The summed E-state index contributed by atoms with van der Waals surface area (Å²) in [5, 5.41) is 22.0. The zero-order valence-corrected chi connectivity index (χ0v) is 11.6. The minimum atomic E-state index is 0.0673. The van der Waals surface area contributed by atoms with Crippen LogP contribution in [0.25, 0.3) is 0 Å². The van der Waals surface area contributed by atoms with Crippen molar-refractivity contribution >= 4 is 17.6 Å². The second-order valence-corrected chi connectivity index (χ2v) is 4.19. The molecule has 0 spiro atoms. The Morgan fingerprint density at radius 1 is 1.14 bits per heavy atom. The highest BCUT2D eigenvalue weighted by atomic mass is 16.5. The second kappa shape index (κ2) is 7.09. The van der Waals surface area contributed by atoms with E-state index in [0.29, 0.717) is 23.6 Å². The first-order chi connectivity index (χ1) is 10.2. The number of nitrogens with zero attached hydrogens (tertiary/aromatic N) is 2. The topological polar surface area (TPSA) is 74.4 Å². The van der Waals surface area contributed by atoms with Crippen molar-refractivity contribution in [2.45, 2.75) is 6.92 Å². The number of rotatable bonds is 5. The molecule has 0 saturated carbocycles. The lowest BCUT2D eigenvalue weighted by Gasteiger charge is -2.04. The molecule has 0 atom stereocenters. The van der Waals surface area contributed by atoms with Gasteiger partial charge in [-0.05, 0) is 43.3 Å². The molecular weight excluding hydrogens is 268 g/mol. The highest BCUT2D eigenvalue weighted by Gasteiger charge is 2.03. The van der Waals surface area contributed by atoms with E-state index in [9.17, 15) is 5.11 Å². The Bertz CT molecular complexity index is 649. The zero-order chi connectivity index (χ0) is 15.1. The molecule has 0 unspecified atom stereocenters. The van der Waals surface area contributed by atoms with Crippen LogP contribution in [-0.2, 0) is 0 Å². The maximum Gasteiger partial charge on any atom is 0.141 e. The number of phenolic OH excluding ortho intramolecular Hbond substituents is 1. The molecule has 0 fully saturated rings. The van der Waals surface area contributed by atoms with Gasteiger partial charge in [-0.15, -0.1) is 0 Å². The minimum absolute atomic E-state index is 0.0673. The Labute approximate surface area is 122 Å². The average Bonchev–Trinajstić information content (AvgIpc) is 2.51. The summed E-state index contributed by atoms with van der Waals surface area (Å²) in [6, 6.07) is 13.8. The smallest absolute Gasteiger partial charge is 0.141 e. The Kier molecular flexibility index (Phi) is 4.93. The van der Waals surface area contributed by atoms with Gasteiger partial charge in [0.1, 0.15) is 22.9 Å². The van der Waals surface area contributed by atoms with Crippen LogP contribution in [-0.4, -0.2) is 28.8 Å². The number of aliphatic imine (C=N–C) groups is 1. The number of hydrogen-bond acceptors (Lipinski definition) is 5. The molecule has 0 heterocycles. The highest BCUT2D eigenvalue weighted by Crippen LogP contribution is 2.24. The molecule has 0 amide bonds. The van der Waals surface area contributed by atoms with E-state index in [0.717, 1.165) is 5.75 Å². The van der Waals surface area contributed by atoms with Gasteiger partial charge >= 0.3 is 0 Å². The Balaban J connectivity index is 2.19. The van der Waals surface area contributed by atoms with E-state index in [2.05, 4.69) is 10.1 Å². The Hall–Kier alpha value is -2.82. The summed E-state index contributed by atoms with van der Waals surface area (Å²) in [5.41, 5.74) is 1.39. The van der Waals surface area contributed by atoms with E-state index in [1.54, 1.807) is 48.5 Å². The summed E-state index contributed by atoms with van der Waals surface area (Å²) in [6.07, 6.45) is 1.39. The van der Waals surface area contributed by atoms with Gasteiger partial charge in [0.05, 0.1) is 12.8 Å². The van der Waals surface area contributed by atoms with Crippen LogP contribution in [0.5, 0.6) is 11.5 Å². The normalized spacial score (nSPS) is 11.8. The van der Waals surface area contributed by atoms with Gasteiger partial charge in [0, 0.05) is 5.56 Å². The van der Waals surface area contributed by atoms with Crippen molar-refractivity contribution in [3.8, 4) is 11.5 Å². The van der Waals surface area contributed by atoms with Crippen LogP contribution in [0.2, 0.25) is 0 Å². The summed E-state index contributed by atoms with van der Waals surface area (Å²) >= 11 is 0. The third-order valence-electron chi connectivity index (χ3n) is 2.78. The summed E-state index contributed by atoms with van der Waals surface area (Å²) < 4.78 is 5.35. The van der Waals surface area contributed by atoms with E-state index in [1.807, 2.05) is 6.92 Å². The number of aromatic hydroxyl groups is 1. The lowest BCUT2D eigenvalue weighted by molar-refractivity contribution is 0.320. The standard InChI is InChI=1S/C16H16N2O3/c1-2-21-13-9-7-12(8-10-13)15(18-20)11-17-14-5-3-4-6-16(14)19/h3-11,19-20H,2H2,1H3/b17-11?,18-15+. The van der Waals surface area contributed by atoms with Gasteiger partial charge in [0.2, 0.25) is 0 Å². The fraction of sp³-hybridized carbons (Fsp3) is 0.125.